The summed E-state index contributed by atoms with van der Waals surface area (Å²) in [6, 6.07) is 0. The van der Waals surface area contributed by atoms with E-state index in [1.165, 1.54) is 45.3 Å². The molecule has 2 rings (SSSR count). The molecule has 1 saturated heterocycles. The van der Waals surface area contributed by atoms with Crippen LogP contribution in [0.25, 0.3) is 0 Å². The summed E-state index contributed by atoms with van der Waals surface area (Å²) >= 11 is 0. The third-order valence-electron chi connectivity index (χ3n) is 4.21. The van der Waals surface area contributed by atoms with E-state index >= 15 is 0 Å². The Hall–Kier alpha value is -0.0800. The lowest BCUT2D eigenvalue weighted by Crippen LogP contribution is -2.57. The molecule has 0 radical (unpaired) electrons. The van der Waals surface area contributed by atoms with Gasteiger partial charge in [0.2, 0.25) is 0 Å². The number of nitrogens with one attached hydrogen (secondary N) is 1. The van der Waals surface area contributed by atoms with E-state index in [1.807, 2.05) is 0 Å². The predicted octanol–water partition coefficient (Wildman–Crippen LogP) is 2.50. The van der Waals surface area contributed by atoms with Gasteiger partial charge >= 0.3 is 0 Å². The molecular weight excluding hydrogens is 196 g/mol. The Morgan fingerprint density at radius 2 is 2.12 bits per heavy atom. The van der Waals surface area contributed by atoms with Crippen LogP contribution in [0.4, 0.5) is 0 Å². The Bertz CT molecular complexity index is 225. The fraction of sp³-hybridized carbons (Fsp3) is 1.00. The lowest BCUT2D eigenvalue weighted by Gasteiger charge is -2.41. The first-order valence-corrected chi connectivity index (χ1v) is 7.02. The normalized spacial score (nSPS) is 36.2. The number of piperazine rings is 1. The standard InChI is InChI=1S/C14H28N2/c1-12-5-4-6-13(9-12)10-16-8-7-15-14(2,3)11-16/h12-13,15H,4-11H2,1-3H3. The summed E-state index contributed by atoms with van der Waals surface area (Å²) in [4.78, 5) is 2.68. The predicted molar refractivity (Wildman–Crippen MR) is 69.6 cm³/mol. The van der Waals surface area contributed by atoms with Crippen LogP contribution in [-0.4, -0.2) is 36.6 Å². The fourth-order valence-electron chi connectivity index (χ4n) is 3.49. The minimum absolute atomic E-state index is 0.318. The van der Waals surface area contributed by atoms with E-state index < -0.39 is 0 Å². The summed E-state index contributed by atoms with van der Waals surface area (Å²) in [5.74, 6) is 1.94. The van der Waals surface area contributed by atoms with Crippen LogP contribution in [0.15, 0.2) is 0 Å². The molecule has 0 amide bonds. The van der Waals surface area contributed by atoms with Gasteiger partial charge < -0.3 is 5.32 Å². The first-order chi connectivity index (χ1) is 7.55. The van der Waals surface area contributed by atoms with Gasteiger partial charge in [0.05, 0.1) is 0 Å². The summed E-state index contributed by atoms with van der Waals surface area (Å²) in [6.07, 6.45) is 5.85. The molecule has 94 valence electrons. The molecule has 2 aliphatic rings. The Labute approximate surface area is 101 Å². The van der Waals surface area contributed by atoms with Crippen LogP contribution in [0.2, 0.25) is 0 Å². The van der Waals surface area contributed by atoms with E-state index in [9.17, 15) is 0 Å². The summed E-state index contributed by atoms with van der Waals surface area (Å²) in [5.41, 5.74) is 0.318. The third-order valence-corrected chi connectivity index (χ3v) is 4.21. The van der Waals surface area contributed by atoms with E-state index in [-0.39, 0.29) is 0 Å². The zero-order chi connectivity index (χ0) is 11.6. The minimum atomic E-state index is 0.318. The molecule has 2 atom stereocenters. The Balaban J connectivity index is 1.80. The van der Waals surface area contributed by atoms with Crippen LogP contribution in [0.5, 0.6) is 0 Å². The van der Waals surface area contributed by atoms with E-state index in [0.29, 0.717) is 5.54 Å². The van der Waals surface area contributed by atoms with Crippen molar-refractivity contribution >= 4 is 0 Å². The van der Waals surface area contributed by atoms with Gasteiger partial charge in [0.25, 0.3) is 0 Å². The molecule has 2 unspecified atom stereocenters. The Kier molecular flexibility index (Phi) is 3.91. The average molecular weight is 224 g/mol. The molecule has 0 aromatic rings. The molecule has 0 bridgehead atoms. The van der Waals surface area contributed by atoms with E-state index in [0.717, 1.165) is 18.4 Å². The van der Waals surface area contributed by atoms with Gasteiger partial charge in [0.15, 0.2) is 0 Å². The van der Waals surface area contributed by atoms with Gasteiger partial charge in [-0.15, -0.1) is 0 Å². The van der Waals surface area contributed by atoms with Crippen LogP contribution in [0.3, 0.4) is 0 Å². The number of rotatable bonds is 2. The summed E-state index contributed by atoms with van der Waals surface area (Å²) in [6.45, 7) is 12.0. The van der Waals surface area contributed by atoms with E-state index in [2.05, 4.69) is 31.0 Å². The average Bonchev–Trinajstić information content (AvgIpc) is 2.15. The van der Waals surface area contributed by atoms with Crippen molar-refractivity contribution < 1.29 is 0 Å². The summed E-state index contributed by atoms with van der Waals surface area (Å²) < 4.78 is 0. The molecule has 0 aromatic heterocycles. The van der Waals surface area contributed by atoms with Crippen molar-refractivity contribution in [3.05, 3.63) is 0 Å². The molecule has 16 heavy (non-hydrogen) atoms. The van der Waals surface area contributed by atoms with Crippen molar-refractivity contribution in [1.29, 1.82) is 0 Å². The summed E-state index contributed by atoms with van der Waals surface area (Å²) in [7, 11) is 0. The van der Waals surface area contributed by atoms with Crippen LogP contribution in [0.1, 0.15) is 46.5 Å². The van der Waals surface area contributed by atoms with Crippen LogP contribution >= 0.6 is 0 Å². The highest BCUT2D eigenvalue weighted by atomic mass is 15.2. The van der Waals surface area contributed by atoms with Gasteiger partial charge in [-0.2, -0.15) is 0 Å². The van der Waals surface area contributed by atoms with Crippen molar-refractivity contribution in [3.63, 3.8) is 0 Å². The molecule has 2 fully saturated rings. The molecule has 1 aliphatic carbocycles. The van der Waals surface area contributed by atoms with E-state index in [1.54, 1.807) is 0 Å². The van der Waals surface area contributed by atoms with Crippen molar-refractivity contribution in [2.24, 2.45) is 11.8 Å². The maximum Gasteiger partial charge on any atom is 0.0252 e. The largest absolute Gasteiger partial charge is 0.309 e. The number of hydrogen-bond donors (Lipinski definition) is 1. The van der Waals surface area contributed by atoms with Crippen molar-refractivity contribution in [2.45, 2.75) is 52.0 Å². The smallest absolute Gasteiger partial charge is 0.0252 e. The zero-order valence-corrected chi connectivity index (χ0v) is 11.3. The monoisotopic (exact) mass is 224 g/mol. The lowest BCUT2D eigenvalue weighted by molar-refractivity contribution is 0.116. The molecular formula is C14H28N2. The molecule has 1 aliphatic heterocycles. The van der Waals surface area contributed by atoms with Crippen molar-refractivity contribution in [3.8, 4) is 0 Å². The quantitative estimate of drug-likeness (QED) is 0.775. The Morgan fingerprint density at radius 3 is 2.81 bits per heavy atom. The SMILES string of the molecule is CC1CCCC(CN2CCNC(C)(C)C2)C1. The zero-order valence-electron chi connectivity index (χ0n) is 11.3. The first kappa shape index (κ1) is 12.4. The van der Waals surface area contributed by atoms with Crippen LogP contribution < -0.4 is 5.32 Å². The second-order valence-electron chi connectivity index (χ2n) is 6.68. The number of nitrogens with zero attached hydrogens (tertiary/aromatic N) is 1. The van der Waals surface area contributed by atoms with Gasteiger partial charge in [-0.1, -0.05) is 19.8 Å². The van der Waals surface area contributed by atoms with Gasteiger partial charge in [-0.05, 0) is 38.5 Å². The van der Waals surface area contributed by atoms with Gasteiger partial charge in [0.1, 0.15) is 0 Å². The van der Waals surface area contributed by atoms with Crippen LogP contribution in [-0.2, 0) is 0 Å². The van der Waals surface area contributed by atoms with Crippen molar-refractivity contribution in [1.82, 2.24) is 10.2 Å². The van der Waals surface area contributed by atoms with Gasteiger partial charge in [-0.3, -0.25) is 4.90 Å². The highest BCUT2D eigenvalue weighted by Gasteiger charge is 2.28. The highest BCUT2D eigenvalue weighted by molar-refractivity contribution is 4.87. The third kappa shape index (κ3) is 3.46. The maximum absolute atomic E-state index is 3.59. The van der Waals surface area contributed by atoms with Crippen molar-refractivity contribution in [2.75, 3.05) is 26.2 Å². The maximum atomic E-state index is 3.59. The fourth-order valence-corrected chi connectivity index (χ4v) is 3.49. The Morgan fingerprint density at radius 1 is 1.31 bits per heavy atom. The number of hydrogen-bond acceptors (Lipinski definition) is 2. The van der Waals surface area contributed by atoms with Gasteiger partial charge in [0, 0.05) is 31.7 Å². The second-order valence-corrected chi connectivity index (χ2v) is 6.68. The van der Waals surface area contributed by atoms with Gasteiger partial charge in [-0.25, -0.2) is 0 Å². The first-order valence-electron chi connectivity index (χ1n) is 7.02. The molecule has 0 spiro atoms. The molecule has 1 saturated carbocycles. The van der Waals surface area contributed by atoms with Crippen LogP contribution in [0, 0.1) is 11.8 Å². The van der Waals surface area contributed by atoms with E-state index in [4.69, 9.17) is 0 Å². The lowest BCUT2D eigenvalue weighted by atomic mass is 9.82. The second kappa shape index (κ2) is 5.05. The molecule has 2 heteroatoms. The minimum Gasteiger partial charge on any atom is -0.309 e. The molecule has 0 aromatic carbocycles. The summed E-state index contributed by atoms with van der Waals surface area (Å²) in [5, 5.41) is 3.59. The molecule has 1 N–H and O–H groups in total. The molecule has 2 nitrogen and oxygen atoms in total. The topological polar surface area (TPSA) is 15.3 Å². The molecule has 1 heterocycles. The highest BCUT2D eigenvalue weighted by Crippen LogP contribution is 2.29.